The summed E-state index contributed by atoms with van der Waals surface area (Å²) in [6, 6.07) is 6.20. The van der Waals surface area contributed by atoms with Crippen LogP contribution in [-0.2, 0) is 6.54 Å². The van der Waals surface area contributed by atoms with E-state index in [0.717, 1.165) is 23.6 Å². The van der Waals surface area contributed by atoms with Gasteiger partial charge in [-0.2, -0.15) is 5.10 Å². The molecule has 1 aromatic heterocycles. The molecule has 4 nitrogen and oxygen atoms in total. The summed E-state index contributed by atoms with van der Waals surface area (Å²) in [6.07, 6.45) is 1.96. The molecule has 1 aromatic carbocycles. The number of nitrogens with one attached hydrogen (secondary N) is 2. The number of aryl methyl sites for hydroxylation is 4. The lowest BCUT2D eigenvalue weighted by Crippen LogP contribution is -2.19. The lowest BCUT2D eigenvalue weighted by molar-refractivity contribution is 0.653. The Morgan fingerprint density at radius 1 is 1.20 bits per heavy atom. The highest BCUT2D eigenvalue weighted by Crippen LogP contribution is 2.16. The zero-order chi connectivity index (χ0) is 14.7. The minimum absolute atomic E-state index is 0.576. The van der Waals surface area contributed by atoms with E-state index in [2.05, 4.69) is 48.6 Å². The molecule has 106 valence electrons. The van der Waals surface area contributed by atoms with E-state index in [0.29, 0.717) is 5.11 Å². The van der Waals surface area contributed by atoms with Gasteiger partial charge in [0.05, 0.1) is 11.4 Å². The first kappa shape index (κ1) is 14.5. The number of aromatic nitrogens is 2. The molecule has 0 atom stereocenters. The van der Waals surface area contributed by atoms with E-state index in [1.165, 1.54) is 11.1 Å². The molecule has 0 spiro atoms. The van der Waals surface area contributed by atoms with Crippen LogP contribution in [0, 0.1) is 20.8 Å². The molecule has 5 heteroatoms. The van der Waals surface area contributed by atoms with E-state index in [4.69, 9.17) is 12.2 Å². The molecular formula is C15H20N4S. The second kappa shape index (κ2) is 6.05. The van der Waals surface area contributed by atoms with Crippen LogP contribution in [-0.4, -0.2) is 14.9 Å². The van der Waals surface area contributed by atoms with E-state index < -0.39 is 0 Å². The van der Waals surface area contributed by atoms with Gasteiger partial charge in [0, 0.05) is 18.4 Å². The summed E-state index contributed by atoms with van der Waals surface area (Å²) in [6.45, 7) is 9.06. The van der Waals surface area contributed by atoms with Gasteiger partial charge < -0.3 is 10.6 Å². The second-order valence-corrected chi connectivity index (χ2v) is 5.27. The number of thiocarbonyl (C=S) groups is 1. The van der Waals surface area contributed by atoms with Crippen LogP contribution < -0.4 is 10.6 Å². The van der Waals surface area contributed by atoms with E-state index in [1.807, 2.05) is 23.9 Å². The maximum Gasteiger partial charge on any atom is 0.175 e. The highest BCUT2D eigenvalue weighted by Gasteiger charge is 2.06. The third-order valence-electron chi connectivity index (χ3n) is 3.28. The van der Waals surface area contributed by atoms with Crippen molar-refractivity contribution in [3.8, 4) is 0 Å². The third kappa shape index (κ3) is 3.36. The third-order valence-corrected chi connectivity index (χ3v) is 3.49. The Morgan fingerprint density at radius 2 is 1.95 bits per heavy atom. The van der Waals surface area contributed by atoms with Gasteiger partial charge in [-0.05, 0) is 63.2 Å². The topological polar surface area (TPSA) is 41.9 Å². The molecule has 2 rings (SSSR count). The Hall–Kier alpha value is -1.88. The van der Waals surface area contributed by atoms with E-state index in [-0.39, 0.29) is 0 Å². The molecule has 0 bridgehead atoms. The van der Waals surface area contributed by atoms with Crippen LogP contribution in [0.4, 0.5) is 11.4 Å². The molecule has 0 radical (unpaired) electrons. The minimum Gasteiger partial charge on any atom is -0.332 e. The summed E-state index contributed by atoms with van der Waals surface area (Å²) < 4.78 is 1.89. The van der Waals surface area contributed by atoms with E-state index in [9.17, 15) is 0 Å². The van der Waals surface area contributed by atoms with Crippen molar-refractivity contribution in [2.75, 3.05) is 10.6 Å². The molecule has 0 aliphatic carbocycles. The van der Waals surface area contributed by atoms with Crippen molar-refractivity contribution in [2.24, 2.45) is 0 Å². The Labute approximate surface area is 125 Å². The predicted molar refractivity (Wildman–Crippen MR) is 88.4 cm³/mol. The lowest BCUT2D eigenvalue weighted by Gasteiger charge is -2.11. The fraction of sp³-hybridized carbons (Fsp3) is 0.333. The van der Waals surface area contributed by atoms with Crippen LogP contribution in [0.2, 0.25) is 0 Å². The molecule has 0 unspecified atom stereocenters. The Morgan fingerprint density at radius 3 is 2.55 bits per heavy atom. The first-order chi connectivity index (χ1) is 9.49. The smallest absolute Gasteiger partial charge is 0.175 e. The molecule has 2 N–H and O–H groups in total. The average Bonchev–Trinajstić information content (AvgIpc) is 2.74. The summed E-state index contributed by atoms with van der Waals surface area (Å²) >= 11 is 5.34. The van der Waals surface area contributed by atoms with Gasteiger partial charge in [-0.25, -0.2) is 0 Å². The number of hydrogen-bond acceptors (Lipinski definition) is 2. The van der Waals surface area contributed by atoms with Crippen molar-refractivity contribution < 1.29 is 0 Å². The Balaban J connectivity index is 2.04. The van der Waals surface area contributed by atoms with Gasteiger partial charge in [0.25, 0.3) is 0 Å². The SMILES string of the molecule is CCn1cc(NC(=S)Nc2ccc(C)c(C)c2)c(C)n1. The zero-order valence-electron chi connectivity index (χ0n) is 12.3. The van der Waals surface area contributed by atoms with Crippen LogP contribution >= 0.6 is 12.2 Å². The Bertz CT molecular complexity index is 631. The largest absolute Gasteiger partial charge is 0.332 e. The van der Waals surface area contributed by atoms with Crippen molar-refractivity contribution in [3.63, 3.8) is 0 Å². The number of anilines is 2. The maximum atomic E-state index is 5.34. The number of hydrogen-bond donors (Lipinski definition) is 2. The standard InChI is InChI=1S/C15H20N4S/c1-5-19-9-14(12(4)18-19)17-15(20)16-13-7-6-10(2)11(3)8-13/h6-9H,5H2,1-4H3,(H2,16,17,20). The van der Waals surface area contributed by atoms with Gasteiger partial charge >= 0.3 is 0 Å². The van der Waals surface area contributed by atoms with Gasteiger partial charge in [-0.15, -0.1) is 0 Å². The van der Waals surface area contributed by atoms with Gasteiger partial charge in [0.1, 0.15) is 0 Å². The van der Waals surface area contributed by atoms with Crippen molar-refractivity contribution in [1.82, 2.24) is 9.78 Å². The van der Waals surface area contributed by atoms with E-state index >= 15 is 0 Å². The lowest BCUT2D eigenvalue weighted by atomic mass is 10.1. The first-order valence-electron chi connectivity index (χ1n) is 6.69. The van der Waals surface area contributed by atoms with Crippen molar-refractivity contribution in [3.05, 3.63) is 41.2 Å². The maximum absolute atomic E-state index is 5.34. The summed E-state index contributed by atoms with van der Waals surface area (Å²) in [5, 5.41) is 11.3. The van der Waals surface area contributed by atoms with Crippen molar-refractivity contribution in [2.45, 2.75) is 34.2 Å². The molecule has 0 aliphatic rings. The normalized spacial score (nSPS) is 10.4. The highest BCUT2D eigenvalue weighted by molar-refractivity contribution is 7.80. The summed E-state index contributed by atoms with van der Waals surface area (Å²) in [5.41, 5.74) is 5.39. The van der Waals surface area contributed by atoms with Gasteiger partial charge in [-0.3, -0.25) is 4.68 Å². The Kier molecular flexibility index (Phi) is 4.39. The molecule has 0 amide bonds. The zero-order valence-corrected chi connectivity index (χ0v) is 13.1. The van der Waals surface area contributed by atoms with Crippen LogP contribution in [0.15, 0.2) is 24.4 Å². The fourth-order valence-electron chi connectivity index (χ4n) is 1.91. The monoisotopic (exact) mass is 288 g/mol. The van der Waals surface area contributed by atoms with Crippen LogP contribution in [0.25, 0.3) is 0 Å². The molecule has 0 fully saturated rings. The highest BCUT2D eigenvalue weighted by atomic mass is 32.1. The van der Waals surface area contributed by atoms with Crippen LogP contribution in [0.5, 0.6) is 0 Å². The molecular weight excluding hydrogens is 268 g/mol. The molecule has 0 saturated carbocycles. The van der Waals surface area contributed by atoms with E-state index in [1.54, 1.807) is 0 Å². The van der Waals surface area contributed by atoms with Crippen LogP contribution in [0.1, 0.15) is 23.7 Å². The van der Waals surface area contributed by atoms with Crippen molar-refractivity contribution >= 4 is 28.7 Å². The predicted octanol–water partition coefficient (Wildman–Crippen LogP) is 3.64. The van der Waals surface area contributed by atoms with Gasteiger partial charge in [0.2, 0.25) is 0 Å². The van der Waals surface area contributed by atoms with Gasteiger partial charge in [0.15, 0.2) is 5.11 Å². The minimum atomic E-state index is 0.576. The number of nitrogens with zero attached hydrogens (tertiary/aromatic N) is 2. The number of benzene rings is 1. The van der Waals surface area contributed by atoms with Crippen LogP contribution in [0.3, 0.4) is 0 Å². The molecule has 2 aromatic rings. The summed E-state index contributed by atoms with van der Waals surface area (Å²) in [4.78, 5) is 0. The van der Waals surface area contributed by atoms with Crippen molar-refractivity contribution in [1.29, 1.82) is 0 Å². The summed E-state index contributed by atoms with van der Waals surface area (Å²) in [7, 11) is 0. The molecule has 0 saturated heterocycles. The first-order valence-corrected chi connectivity index (χ1v) is 7.09. The average molecular weight is 288 g/mol. The number of rotatable bonds is 3. The molecule has 0 aliphatic heterocycles. The molecule has 1 heterocycles. The summed E-state index contributed by atoms with van der Waals surface area (Å²) in [5.74, 6) is 0. The molecule has 20 heavy (non-hydrogen) atoms. The van der Waals surface area contributed by atoms with Gasteiger partial charge in [-0.1, -0.05) is 6.07 Å². The fourth-order valence-corrected chi connectivity index (χ4v) is 2.13. The second-order valence-electron chi connectivity index (χ2n) is 4.86. The quantitative estimate of drug-likeness (QED) is 0.846.